The second kappa shape index (κ2) is 40.7. The molecule has 50 nitrogen and oxygen atoms in total. The normalized spacial score (nSPS) is 15.1. The van der Waals surface area contributed by atoms with Crippen LogP contribution in [0.25, 0.3) is 5.78 Å². The third kappa shape index (κ3) is 30.2. The van der Waals surface area contributed by atoms with Crippen LogP contribution in [0.1, 0.15) is 18.2 Å². The van der Waals surface area contributed by atoms with Crippen LogP contribution < -0.4 is 34.2 Å². The van der Waals surface area contributed by atoms with Crippen LogP contribution >= 0.6 is 12.2 Å². The summed E-state index contributed by atoms with van der Waals surface area (Å²) in [6, 6.07) is 11.4. The molecule has 91 heavy (non-hydrogen) atoms. The van der Waals surface area contributed by atoms with Crippen LogP contribution in [0.4, 0.5) is 17.8 Å². The second-order valence-electron chi connectivity index (χ2n) is 15.9. The van der Waals surface area contributed by atoms with Gasteiger partial charge < -0.3 is 38.9 Å². The van der Waals surface area contributed by atoms with Gasteiger partial charge in [0.05, 0.1) is 24.2 Å². The Balaban J connectivity index is 0.000000214. The lowest BCUT2D eigenvalue weighted by Gasteiger charge is -1.94. The zero-order chi connectivity index (χ0) is 65.9. The number of anilines is 3. The van der Waals surface area contributed by atoms with E-state index in [1.54, 1.807) is 24.1 Å². The number of aromatic nitrogens is 16. The molecule has 474 valence electrons. The van der Waals surface area contributed by atoms with Crippen molar-refractivity contribution in [2.45, 2.75) is 20.0 Å². The Labute approximate surface area is 511 Å². The van der Waals surface area contributed by atoms with E-state index in [-0.39, 0.29) is 35.7 Å². The van der Waals surface area contributed by atoms with Gasteiger partial charge >= 0.3 is 11.9 Å². The van der Waals surface area contributed by atoms with Gasteiger partial charge in [0.2, 0.25) is 28.6 Å². The van der Waals surface area contributed by atoms with E-state index in [0.29, 0.717) is 67.3 Å². The molecule has 8 aliphatic rings. The average molecular weight is 1280 g/mol. The van der Waals surface area contributed by atoms with Gasteiger partial charge in [-0.05, 0) is 68.2 Å². The number of rotatable bonds is 4. The summed E-state index contributed by atoms with van der Waals surface area (Å²) >= 11 is 4.65. The van der Waals surface area contributed by atoms with Crippen LogP contribution in [0.15, 0.2) is 196 Å². The van der Waals surface area contributed by atoms with E-state index >= 15 is 0 Å². The molecule has 17 N–H and O–H groups in total. The molecule has 7 aromatic rings. The Kier molecular flexibility index (Phi) is 31.3. The number of nitrogen functional groups attached to an aromatic ring is 3. The Morgan fingerprint density at radius 3 is 1.66 bits per heavy atom. The highest BCUT2D eigenvalue weighted by Gasteiger charge is 2.19. The summed E-state index contributed by atoms with van der Waals surface area (Å²) in [5.41, 5.74) is 30.4. The zero-order valence-corrected chi connectivity index (χ0v) is 48.3. The largest absolute Gasteiger partial charge is 0.478 e. The first-order chi connectivity index (χ1) is 44.0. The summed E-state index contributed by atoms with van der Waals surface area (Å²) in [5.74, 6) is -0.577. The average Bonchev–Trinajstić information content (AvgIpc) is 2.70. The number of nitrogens with zero attached hydrogens (tertiary/aromatic N) is 35. The molecule has 8 aliphatic heterocycles. The van der Waals surface area contributed by atoms with Gasteiger partial charge in [-0.2, -0.15) is 55.5 Å². The fourth-order valence-corrected chi connectivity index (χ4v) is 5.27. The Hall–Kier alpha value is -13.6. The molecule has 14 heterocycles. The van der Waals surface area contributed by atoms with Crippen molar-refractivity contribution < 1.29 is 19.8 Å². The number of nitrogens with one attached hydrogen (secondary N) is 5. The molecule has 51 heteroatoms. The first-order valence-electron chi connectivity index (χ1n) is 24.7. The Bertz CT molecular complexity index is 3880. The van der Waals surface area contributed by atoms with E-state index in [1.165, 1.54) is 35.9 Å². The van der Waals surface area contributed by atoms with E-state index in [2.05, 4.69) is 206 Å². The van der Waals surface area contributed by atoms with Crippen LogP contribution in [-0.2, 0) is 16.6 Å². The van der Waals surface area contributed by atoms with Gasteiger partial charge in [-0.1, -0.05) is 30.3 Å². The minimum absolute atomic E-state index is 0.00463. The number of carboxylic acid groups (broad SMARTS) is 2. The lowest BCUT2D eigenvalue weighted by Crippen LogP contribution is -2.15. The van der Waals surface area contributed by atoms with E-state index in [1.807, 2.05) is 44.3 Å². The molecule has 0 amide bonds. The van der Waals surface area contributed by atoms with Crippen molar-refractivity contribution in [1.82, 2.24) is 79.9 Å². The first-order valence-corrected chi connectivity index (χ1v) is 25.1. The molecule has 0 spiro atoms. The van der Waals surface area contributed by atoms with E-state index < -0.39 is 18.1 Å². The molecule has 0 fully saturated rings. The molecule has 0 aliphatic carbocycles. The number of nitrogens with two attached hydrogens (primary N) is 5. The summed E-state index contributed by atoms with van der Waals surface area (Å²) < 4.78 is 3.51. The fraction of sp³-hybridized carbons (Fsp3) is 0.275. The van der Waals surface area contributed by atoms with E-state index in [4.69, 9.17) is 38.9 Å². The molecule has 15 rings (SSSR count). The van der Waals surface area contributed by atoms with Gasteiger partial charge in [-0.15, -0.1) is 51.0 Å². The number of aliphatic imine (C=N–C) groups is 1. The number of aryl methyl sites for hydroxylation is 2. The molecule has 1 aromatic carbocycles. The number of benzene rings is 1. The van der Waals surface area contributed by atoms with Gasteiger partial charge in [-0.25, -0.2) is 49.7 Å². The number of hydrogen-bond acceptors (Lipinski definition) is 42. The van der Waals surface area contributed by atoms with Gasteiger partial charge in [-0.3, -0.25) is 24.8 Å². The Morgan fingerprint density at radius 1 is 0.681 bits per heavy atom. The molecule has 6 aromatic heterocycles. The van der Waals surface area contributed by atoms with Crippen molar-refractivity contribution in [1.29, 1.82) is 0 Å². The van der Waals surface area contributed by atoms with Crippen molar-refractivity contribution in [2.24, 2.45) is 142 Å². The number of fused-ring (bicyclic) bond motifs is 1. The summed E-state index contributed by atoms with van der Waals surface area (Å²) in [7, 11) is 1.84. The van der Waals surface area contributed by atoms with Gasteiger partial charge in [0.15, 0.2) is 5.71 Å². The maximum Gasteiger partial charge on any atom is 0.354 e. The number of carboxylic acids is 2. The molecular weight excluding hydrogens is 1220 g/mol. The summed E-state index contributed by atoms with van der Waals surface area (Å²) in [6.45, 7) is 7.25. The molecule has 1 unspecified atom stereocenters. The highest BCUT2D eigenvalue weighted by molar-refractivity contribution is 7.71. The minimum atomic E-state index is -1.14. The number of H-pyrrole nitrogens is 5. The predicted molar refractivity (Wildman–Crippen MR) is 321 cm³/mol. The zero-order valence-electron chi connectivity index (χ0n) is 47.5. The van der Waals surface area contributed by atoms with Gasteiger partial charge in [0.1, 0.15) is 88.2 Å². The fourth-order valence-electron chi connectivity index (χ4n) is 5.08. The summed E-state index contributed by atoms with van der Waals surface area (Å²) in [5, 5.41) is 119. The third-order valence-corrected chi connectivity index (χ3v) is 9.13. The van der Waals surface area contributed by atoms with E-state index in [9.17, 15) is 14.4 Å². The van der Waals surface area contributed by atoms with Crippen molar-refractivity contribution >= 4 is 94.3 Å². The quantitative estimate of drug-likeness (QED) is 0.109. The number of amidine groups is 1. The van der Waals surface area contributed by atoms with Crippen LogP contribution in [0.2, 0.25) is 0 Å². The SMILES string of the molecule is C1=NN=NC1.C1N=NN=C1C1=NN=NC1.CC1=NN=NC1.Cc1cc(=O)n2[nH]cnc2n1.Cn1cnc(=S)[nH]1.NC1=NC(C(=O)O)N=N1.NC1=NN=NC1.Nc1n[nH]c(N)n1.Nc1ncn[nH]1.O=C(O)C1=NN=NC1.c1ccc(C2=NN=NC2)cc1.c1nc[nH]n1. The minimum Gasteiger partial charge on any atom is -0.478 e. The van der Waals surface area contributed by atoms with Crippen LogP contribution in [0.5, 0.6) is 0 Å². The van der Waals surface area contributed by atoms with E-state index in [0.717, 1.165) is 28.4 Å². The van der Waals surface area contributed by atoms with Gasteiger partial charge in [0.25, 0.3) is 17.5 Å². The number of carbonyl (C=O) groups is 2. The molecule has 0 radical (unpaired) electrons. The first kappa shape index (κ1) is 69.9. The van der Waals surface area contributed by atoms with Crippen LogP contribution in [0.3, 0.4) is 0 Å². The number of azo groups is 1. The highest BCUT2D eigenvalue weighted by Crippen LogP contribution is 2.07. The summed E-state index contributed by atoms with van der Waals surface area (Å²) in [4.78, 5) is 56.6. The smallest absolute Gasteiger partial charge is 0.354 e. The molecule has 0 saturated carbocycles. The number of guanidine groups is 1. The summed E-state index contributed by atoms with van der Waals surface area (Å²) in [6.07, 6.45) is 7.91. The van der Waals surface area contributed by atoms with Crippen molar-refractivity contribution in [3.8, 4) is 0 Å². The number of aliphatic carboxylic acids is 2. The van der Waals surface area contributed by atoms with Crippen molar-refractivity contribution in [3.63, 3.8) is 0 Å². The van der Waals surface area contributed by atoms with Crippen LogP contribution in [0, 0.1) is 11.7 Å². The molecular formula is C40H53N45O5S. The maximum atomic E-state index is 11.1. The monoisotopic (exact) mass is 1280 g/mol. The third-order valence-electron chi connectivity index (χ3n) is 8.94. The number of hydrogen-bond donors (Lipinski definition) is 12. The van der Waals surface area contributed by atoms with Gasteiger partial charge in [0, 0.05) is 18.8 Å². The standard InChI is InChI=1S/C8H7N3.C6H6N4O.C4H4N6.C3H4N4O2.C3H3N3O2.C3H5N3S.C3H5N3.C2H5N5.2C2H4N4.2C2H3N3/c1-2-4-7(5-3-1)8-6-9-11-10-8;1-4-2-5(11)10-6(9-4)7-3-8-10;1-3(7-9-5-1)4-2-6-10-8-4;4-3-5-1(2(8)9)6-7-3;7-3(8)2-1-4-6-5-2;1-6-2-4-3(7)5-6;1-3-2-4-6-5-3;3-1-5-2(4)7-6-1;3-2-4-1-5-6-2;3-2-1-4-6-5-2;1-3-2-5-4-1;1-2-4-5-3-1/h1-5H,6H2;2-3H,1H3,(H,7,8,9);1-2H2;1H,(H2,4,5)(H,8,9);1H2,(H,7,8);2H,1H3,(H,5,7);2H2,1H3;(H5,3,4,5,6,7);1H,(H3,3,4,5,6);1H2,(H2,3,4,5);1-2H,(H,3,4,5);1H,2H2. The lowest BCUT2D eigenvalue weighted by molar-refractivity contribution is -0.138. The Morgan fingerprint density at radius 2 is 1.34 bits per heavy atom. The van der Waals surface area contributed by atoms with Crippen LogP contribution in [-0.4, -0.2) is 201 Å². The topological polar surface area (TPSA) is 723 Å². The number of aromatic amines is 5. The molecule has 1 atom stereocenters. The molecule has 0 saturated heterocycles. The second-order valence-corrected chi connectivity index (χ2v) is 16.3. The predicted octanol–water partition coefficient (Wildman–Crippen LogP) is 0.912. The highest BCUT2D eigenvalue weighted by atomic mass is 32.1. The lowest BCUT2D eigenvalue weighted by atomic mass is 10.1. The van der Waals surface area contributed by atoms with Crippen molar-refractivity contribution in [3.05, 3.63) is 94.4 Å². The van der Waals surface area contributed by atoms with Crippen molar-refractivity contribution in [2.75, 3.05) is 63.0 Å². The maximum absolute atomic E-state index is 11.1. The molecule has 0 bridgehead atoms.